The Morgan fingerprint density at radius 2 is 1.78 bits per heavy atom. The van der Waals surface area contributed by atoms with Crippen molar-refractivity contribution < 1.29 is 0 Å². The highest BCUT2D eigenvalue weighted by Gasteiger charge is 2.08. The average molecular weight is 318 g/mol. The molecule has 2 nitrogen and oxygen atoms in total. The Kier molecular flexibility index (Phi) is 4.36. The van der Waals surface area contributed by atoms with Crippen molar-refractivity contribution in [1.82, 2.24) is 9.38 Å². The lowest BCUT2D eigenvalue weighted by Gasteiger charge is -2.04. The van der Waals surface area contributed by atoms with Crippen molar-refractivity contribution in [3.05, 3.63) is 60.4 Å². The first kappa shape index (κ1) is 15.6. The number of aryl methyl sites for hydroxylation is 1. The third kappa shape index (κ3) is 3.91. The van der Waals surface area contributed by atoms with Crippen LogP contribution in [0.5, 0.6) is 0 Å². The Hall–Kier alpha value is -2.31. The Morgan fingerprint density at radius 3 is 2.52 bits per heavy atom. The summed E-state index contributed by atoms with van der Waals surface area (Å²) < 4.78 is 2.18. The second-order valence-electron chi connectivity index (χ2n) is 6.79. The summed E-state index contributed by atoms with van der Waals surface area (Å²) in [6.45, 7) is 6.82. The first-order valence-electron chi connectivity index (χ1n) is 8.05. The van der Waals surface area contributed by atoms with Crippen LogP contribution in [0.3, 0.4) is 0 Å². The molecule has 0 aliphatic carbocycles. The maximum absolute atomic E-state index is 4.74. The van der Waals surface area contributed by atoms with E-state index in [1.807, 2.05) is 6.07 Å². The van der Waals surface area contributed by atoms with E-state index in [1.54, 1.807) is 0 Å². The first-order chi connectivity index (χ1) is 11.0. The normalized spacial score (nSPS) is 11.3. The molecule has 2 heterocycles. The molecular weight excluding hydrogens is 296 g/mol. The molecule has 0 N–H and O–H groups in total. The predicted octanol–water partition coefficient (Wildman–Crippen LogP) is 4.81. The van der Waals surface area contributed by atoms with Crippen LogP contribution >= 0.6 is 0 Å². The Labute approximate surface area is 139 Å². The summed E-state index contributed by atoms with van der Waals surface area (Å²) >= 11 is 0. The van der Waals surface area contributed by atoms with Gasteiger partial charge in [0, 0.05) is 19.0 Å². The molecule has 0 atom stereocenters. The molecular formula is C20H22N2Si. The average Bonchev–Trinajstić information content (AvgIpc) is 2.94. The van der Waals surface area contributed by atoms with Crippen molar-refractivity contribution in [1.29, 1.82) is 0 Å². The van der Waals surface area contributed by atoms with Gasteiger partial charge in [-0.25, -0.2) is 4.98 Å². The summed E-state index contributed by atoms with van der Waals surface area (Å²) in [5.74, 6) is 3.33. The number of benzene rings is 1. The van der Waals surface area contributed by atoms with Gasteiger partial charge in [-0.2, -0.15) is 0 Å². The fourth-order valence-corrected chi connectivity index (χ4v) is 3.20. The van der Waals surface area contributed by atoms with Crippen LogP contribution in [0.25, 0.3) is 16.9 Å². The van der Waals surface area contributed by atoms with Gasteiger partial charge < -0.3 is 0 Å². The summed E-state index contributed by atoms with van der Waals surface area (Å²) in [5.41, 5.74) is 7.91. The maximum atomic E-state index is 4.74. The summed E-state index contributed by atoms with van der Waals surface area (Å²) in [6.07, 6.45) is 3.94. The van der Waals surface area contributed by atoms with Crippen LogP contribution in [0, 0.1) is 11.5 Å². The van der Waals surface area contributed by atoms with Crippen molar-refractivity contribution >= 4 is 13.7 Å². The number of imidazole rings is 1. The standard InChI is InChI=1S/C20H22N2Si/c1-23(2,3)15-8-7-12-18-16-22-19(13-9-14-20(22)21-18)17-10-5-4-6-11-17/h4-6,9-11,13-14,16H,7,12H2,1-3H3. The van der Waals surface area contributed by atoms with E-state index in [2.05, 4.69) is 84.2 Å². The summed E-state index contributed by atoms with van der Waals surface area (Å²) in [7, 11) is -1.27. The van der Waals surface area contributed by atoms with E-state index in [9.17, 15) is 0 Å². The van der Waals surface area contributed by atoms with Gasteiger partial charge in [0.1, 0.15) is 13.7 Å². The monoisotopic (exact) mass is 318 g/mol. The van der Waals surface area contributed by atoms with Crippen LogP contribution in [0.15, 0.2) is 54.7 Å². The van der Waals surface area contributed by atoms with E-state index >= 15 is 0 Å². The topological polar surface area (TPSA) is 17.3 Å². The highest BCUT2D eigenvalue weighted by Crippen LogP contribution is 2.21. The third-order valence-corrected chi connectivity index (χ3v) is 4.51. The number of aromatic nitrogens is 2. The lowest BCUT2D eigenvalue weighted by Crippen LogP contribution is -2.16. The molecule has 1 aromatic carbocycles. The Bertz CT molecular complexity index is 861. The molecule has 3 heteroatoms. The van der Waals surface area contributed by atoms with Crippen LogP contribution < -0.4 is 0 Å². The van der Waals surface area contributed by atoms with Crippen LogP contribution in [0.2, 0.25) is 19.6 Å². The SMILES string of the molecule is C[Si](C)(C)C#CCCc1cn2c(-c3ccccc3)cccc2n1. The fourth-order valence-electron chi connectivity index (χ4n) is 2.54. The van der Waals surface area contributed by atoms with Crippen molar-refractivity contribution in [2.45, 2.75) is 32.5 Å². The zero-order chi connectivity index (χ0) is 16.3. The second-order valence-corrected chi connectivity index (χ2v) is 11.5. The van der Waals surface area contributed by atoms with Gasteiger partial charge in [0.25, 0.3) is 0 Å². The molecule has 0 fully saturated rings. The van der Waals surface area contributed by atoms with E-state index in [1.165, 1.54) is 11.3 Å². The van der Waals surface area contributed by atoms with Gasteiger partial charge in [-0.05, 0) is 17.7 Å². The molecule has 0 bridgehead atoms. The number of pyridine rings is 1. The summed E-state index contributed by atoms with van der Waals surface area (Å²) in [6, 6.07) is 16.7. The fraction of sp³-hybridized carbons (Fsp3) is 0.250. The van der Waals surface area contributed by atoms with E-state index in [0.29, 0.717) is 0 Å². The minimum absolute atomic E-state index is 0.884. The molecule has 2 aromatic heterocycles. The molecule has 0 radical (unpaired) electrons. The quantitative estimate of drug-likeness (QED) is 0.500. The van der Waals surface area contributed by atoms with Gasteiger partial charge in [-0.3, -0.25) is 4.40 Å². The van der Waals surface area contributed by atoms with Crippen molar-refractivity contribution in [2.75, 3.05) is 0 Å². The lowest BCUT2D eigenvalue weighted by molar-refractivity contribution is 0.983. The Morgan fingerprint density at radius 1 is 1.00 bits per heavy atom. The third-order valence-electron chi connectivity index (χ3n) is 3.58. The number of hydrogen-bond donors (Lipinski definition) is 0. The second kappa shape index (κ2) is 6.43. The van der Waals surface area contributed by atoms with Gasteiger partial charge in [0.15, 0.2) is 0 Å². The van der Waals surface area contributed by atoms with Gasteiger partial charge in [-0.15, -0.1) is 11.5 Å². The zero-order valence-corrected chi connectivity index (χ0v) is 15.0. The highest BCUT2D eigenvalue weighted by molar-refractivity contribution is 6.83. The van der Waals surface area contributed by atoms with E-state index in [0.717, 1.165) is 24.2 Å². The molecule has 3 rings (SSSR count). The van der Waals surface area contributed by atoms with Gasteiger partial charge >= 0.3 is 0 Å². The summed E-state index contributed by atoms with van der Waals surface area (Å²) in [4.78, 5) is 4.74. The number of fused-ring (bicyclic) bond motifs is 1. The van der Waals surface area contributed by atoms with Crippen LogP contribution in [0.1, 0.15) is 12.1 Å². The zero-order valence-electron chi connectivity index (χ0n) is 14.0. The molecule has 23 heavy (non-hydrogen) atoms. The van der Waals surface area contributed by atoms with E-state index in [-0.39, 0.29) is 0 Å². The maximum Gasteiger partial charge on any atom is 0.137 e. The van der Waals surface area contributed by atoms with Crippen molar-refractivity contribution in [3.8, 4) is 22.7 Å². The van der Waals surface area contributed by atoms with Crippen LogP contribution in [0.4, 0.5) is 0 Å². The molecule has 3 aromatic rings. The van der Waals surface area contributed by atoms with Crippen LogP contribution in [-0.2, 0) is 6.42 Å². The summed E-state index contributed by atoms with van der Waals surface area (Å²) in [5, 5.41) is 0. The molecule has 0 aliphatic rings. The van der Waals surface area contributed by atoms with Gasteiger partial charge in [0.05, 0.1) is 11.4 Å². The molecule has 0 aliphatic heterocycles. The molecule has 116 valence electrons. The number of rotatable bonds is 3. The molecule has 0 unspecified atom stereocenters. The smallest absolute Gasteiger partial charge is 0.137 e. The van der Waals surface area contributed by atoms with Crippen LogP contribution in [-0.4, -0.2) is 17.5 Å². The number of hydrogen-bond acceptors (Lipinski definition) is 1. The highest BCUT2D eigenvalue weighted by atomic mass is 28.3. The largest absolute Gasteiger partial charge is 0.299 e. The van der Waals surface area contributed by atoms with E-state index in [4.69, 9.17) is 4.98 Å². The van der Waals surface area contributed by atoms with E-state index < -0.39 is 8.07 Å². The first-order valence-corrected chi connectivity index (χ1v) is 11.6. The minimum atomic E-state index is -1.27. The molecule has 0 saturated carbocycles. The lowest BCUT2D eigenvalue weighted by atomic mass is 10.1. The van der Waals surface area contributed by atoms with Crippen molar-refractivity contribution in [3.63, 3.8) is 0 Å². The Balaban J connectivity index is 1.86. The molecule has 0 amide bonds. The van der Waals surface area contributed by atoms with Crippen molar-refractivity contribution in [2.24, 2.45) is 0 Å². The van der Waals surface area contributed by atoms with Gasteiger partial charge in [0.2, 0.25) is 0 Å². The number of nitrogens with zero attached hydrogens (tertiary/aromatic N) is 2. The van der Waals surface area contributed by atoms with Gasteiger partial charge in [-0.1, -0.05) is 56.0 Å². The predicted molar refractivity (Wildman–Crippen MR) is 100 cm³/mol. The minimum Gasteiger partial charge on any atom is -0.299 e. The molecule has 0 spiro atoms. The molecule has 0 saturated heterocycles.